The zero-order chi connectivity index (χ0) is 15.2. The average molecular weight is 281 g/mol. The molecule has 0 spiro atoms. The van der Waals surface area contributed by atoms with Gasteiger partial charge in [-0.05, 0) is 12.5 Å². The fourth-order valence-corrected chi connectivity index (χ4v) is 1.60. The van der Waals surface area contributed by atoms with Gasteiger partial charge in [0.1, 0.15) is 6.61 Å². The van der Waals surface area contributed by atoms with Crippen LogP contribution in [0.4, 0.5) is 4.79 Å². The maximum absolute atomic E-state index is 11.9. The maximum Gasteiger partial charge on any atom is 0.410 e. The number of hydrogen-bond acceptors (Lipinski definition) is 4. The zero-order valence-corrected chi connectivity index (χ0v) is 11.8. The van der Waals surface area contributed by atoms with E-state index in [1.54, 1.807) is 0 Å². The van der Waals surface area contributed by atoms with Gasteiger partial charge in [0.2, 0.25) is 0 Å². The Kier molecular flexibility index (Phi) is 5.52. The molecule has 0 radical (unpaired) electrons. The summed E-state index contributed by atoms with van der Waals surface area (Å²) in [6, 6.07) is 9.16. The van der Waals surface area contributed by atoms with Crippen LogP contribution in [0, 0.1) is 0 Å². The summed E-state index contributed by atoms with van der Waals surface area (Å²) in [6.45, 7) is 1.37. The minimum atomic E-state index is -1.47. The van der Waals surface area contributed by atoms with Crippen molar-refractivity contribution in [3.05, 3.63) is 35.9 Å². The molecule has 0 saturated heterocycles. The first-order chi connectivity index (χ1) is 9.41. The molecule has 0 bridgehead atoms. The molecule has 1 atom stereocenters. The van der Waals surface area contributed by atoms with Gasteiger partial charge in [-0.1, -0.05) is 30.3 Å². The number of nitrogens with zero attached hydrogens (tertiary/aromatic N) is 1. The third-order valence-corrected chi connectivity index (χ3v) is 3.11. The first-order valence-corrected chi connectivity index (χ1v) is 6.08. The van der Waals surface area contributed by atoms with E-state index < -0.39 is 17.6 Å². The van der Waals surface area contributed by atoms with Crippen LogP contribution < -0.4 is 0 Å². The van der Waals surface area contributed by atoms with Crippen LogP contribution >= 0.6 is 0 Å². The summed E-state index contributed by atoms with van der Waals surface area (Å²) in [6.07, 6.45) is -0.712. The largest absolute Gasteiger partial charge is 0.479 e. The number of rotatable bonds is 6. The Bertz CT molecular complexity index is 462. The number of benzene rings is 1. The Labute approximate surface area is 117 Å². The molecule has 1 rings (SSSR count). The van der Waals surface area contributed by atoms with Gasteiger partial charge in [0, 0.05) is 14.2 Å². The molecule has 6 heteroatoms. The van der Waals surface area contributed by atoms with Gasteiger partial charge in [0.05, 0.1) is 6.61 Å². The summed E-state index contributed by atoms with van der Waals surface area (Å²) in [5.74, 6) is -1.15. The number of carboxylic acid groups (broad SMARTS) is 1. The second kappa shape index (κ2) is 6.91. The highest BCUT2D eigenvalue weighted by atomic mass is 16.6. The van der Waals surface area contributed by atoms with Gasteiger partial charge in [-0.2, -0.15) is 0 Å². The van der Waals surface area contributed by atoms with Crippen LogP contribution in [0.15, 0.2) is 30.3 Å². The summed E-state index contributed by atoms with van der Waals surface area (Å²) in [7, 11) is 2.75. The molecule has 0 aliphatic carbocycles. The Morgan fingerprint density at radius 3 is 2.40 bits per heavy atom. The minimum absolute atomic E-state index is 0.0900. The van der Waals surface area contributed by atoms with Crippen LogP contribution in [0.3, 0.4) is 0 Å². The zero-order valence-electron chi connectivity index (χ0n) is 11.8. The summed E-state index contributed by atoms with van der Waals surface area (Å²) in [5, 5.41) is 9.24. The molecule has 6 nitrogen and oxygen atoms in total. The van der Waals surface area contributed by atoms with Gasteiger partial charge in [0.25, 0.3) is 0 Å². The summed E-state index contributed by atoms with van der Waals surface area (Å²) in [4.78, 5) is 24.3. The van der Waals surface area contributed by atoms with Crippen molar-refractivity contribution in [1.82, 2.24) is 4.90 Å². The van der Waals surface area contributed by atoms with Crippen molar-refractivity contribution in [3.63, 3.8) is 0 Å². The van der Waals surface area contributed by atoms with Gasteiger partial charge >= 0.3 is 12.1 Å². The molecule has 0 saturated carbocycles. The SMILES string of the molecule is COCC(C)(C(=O)O)N(C)C(=O)OCc1ccccc1. The smallest absolute Gasteiger partial charge is 0.410 e. The van der Waals surface area contributed by atoms with Crippen molar-refractivity contribution in [2.75, 3.05) is 20.8 Å². The monoisotopic (exact) mass is 281 g/mol. The number of likely N-dealkylation sites (N-methyl/N-ethyl adjacent to an activating group) is 1. The molecular weight excluding hydrogens is 262 g/mol. The van der Waals surface area contributed by atoms with E-state index in [2.05, 4.69) is 0 Å². The molecular formula is C14H19NO5. The topological polar surface area (TPSA) is 76.1 Å². The normalized spacial score (nSPS) is 13.3. The predicted octanol–water partition coefficient (Wildman–Crippen LogP) is 1.74. The van der Waals surface area contributed by atoms with Crippen molar-refractivity contribution in [2.45, 2.75) is 19.1 Å². The maximum atomic E-state index is 11.9. The fraction of sp³-hybridized carbons (Fsp3) is 0.429. The molecule has 0 aliphatic rings. The van der Waals surface area contributed by atoms with E-state index in [0.29, 0.717) is 0 Å². The molecule has 20 heavy (non-hydrogen) atoms. The van der Waals surface area contributed by atoms with Gasteiger partial charge in [-0.3, -0.25) is 4.90 Å². The lowest BCUT2D eigenvalue weighted by atomic mass is 10.0. The van der Waals surface area contributed by atoms with Gasteiger partial charge in [-0.25, -0.2) is 9.59 Å². The van der Waals surface area contributed by atoms with Crippen LogP contribution in [-0.4, -0.2) is 48.4 Å². The highest BCUT2D eigenvalue weighted by Gasteiger charge is 2.41. The van der Waals surface area contributed by atoms with Crippen molar-refractivity contribution in [3.8, 4) is 0 Å². The first-order valence-electron chi connectivity index (χ1n) is 6.08. The van der Waals surface area contributed by atoms with Crippen molar-refractivity contribution in [2.24, 2.45) is 0 Å². The van der Waals surface area contributed by atoms with E-state index in [1.165, 1.54) is 21.1 Å². The van der Waals surface area contributed by atoms with Crippen LogP contribution in [-0.2, 0) is 20.9 Å². The second-order valence-corrected chi connectivity index (χ2v) is 4.61. The van der Waals surface area contributed by atoms with Crippen LogP contribution in [0.2, 0.25) is 0 Å². The summed E-state index contributed by atoms with van der Waals surface area (Å²) < 4.78 is 9.97. The summed E-state index contributed by atoms with van der Waals surface area (Å²) >= 11 is 0. The van der Waals surface area contributed by atoms with Crippen molar-refractivity contribution < 1.29 is 24.2 Å². The molecule has 1 unspecified atom stereocenters. The molecule has 1 amide bonds. The van der Waals surface area contributed by atoms with E-state index in [-0.39, 0.29) is 13.2 Å². The van der Waals surface area contributed by atoms with E-state index >= 15 is 0 Å². The molecule has 1 N–H and O–H groups in total. The van der Waals surface area contributed by atoms with Crippen LogP contribution in [0.5, 0.6) is 0 Å². The third-order valence-electron chi connectivity index (χ3n) is 3.11. The van der Waals surface area contributed by atoms with Gasteiger partial charge in [-0.15, -0.1) is 0 Å². The van der Waals surface area contributed by atoms with E-state index in [0.717, 1.165) is 10.5 Å². The number of ether oxygens (including phenoxy) is 2. The predicted molar refractivity (Wildman–Crippen MR) is 72.3 cm³/mol. The fourth-order valence-electron chi connectivity index (χ4n) is 1.60. The Balaban J connectivity index is 2.68. The molecule has 0 fully saturated rings. The highest BCUT2D eigenvalue weighted by molar-refractivity contribution is 5.84. The Morgan fingerprint density at radius 1 is 1.30 bits per heavy atom. The van der Waals surface area contributed by atoms with Gasteiger partial charge < -0.3 is 14.6 Å². The van der Waals surface area contributed by atoms with Crippen molar-refractivity contribution in [1.29, 1.82) is 0 Å². The minimum Gasteiger partial charge on any atom is -0.479 e. The Hall–Kier alpha value is -2.08. The van der Waals surface area contributed by atoms with E-state index in [1.807, 2.05) is 30.3 Å². The number of methoxy groups -OCH3 is 1. The molecule has 110 valence electrons. The standard InChI is InChI=1S/C14H19NO5/c1-14(10-19-3,12(16)17)15(2)13(18)20-9-11-7-5-4-6-8-11/h4-8H,9-10H2,1-3H3,(H,16,17). The molecule has 1 aromatic rings. The molecule has 0 aliphatic heterocycles. The van der Waals surface area contributed by atoms with Crippen LogP contribution in [0.25, 0.3) is 0 Å². The van der Waals surface area contributed by atoms with E-state index in [4.69, 9.17) is 9.47 Å². The highest BCUT2D eigenvalue weighted by Crippen LogP contribution is 2.16. The van der Waals surface area contributed by atoms with Crippen molar-refractivity contribution >= 4 is 12.1 Å². The summed E-state index contributed by atoms with van der Waals surface area (Å²) in [5.41, 5.74) is -0.638. The lowest BCUT2D eigenvalue weighted by Crippen LogP contribution is -2.56. The number of carbonyl (C=O) groups excluding carboxylic acids is 1. The molecule has 0 heterocycles. The lowest BCUT2D eigenvalue weighted by molar-refractivity contribution is -0.152. The number of aliphatic carboxylic acids is 1. The molecule has 1 aromatic carbocycles. The number of hydrogen-bond donors (Lipinski definition) is 1. The second-order valence-electron chi connectivity index (χ2n) is 4.61. The molecule has 0 aromatic heterocycles. The third kappa shape index (κ3) is 3.71. The Morgan fingerprint density at radius 2 is 1.90 bits per heavy atom. The quantitative estimate of drug-likeness (QED) is 0.859. The number of amides is 1. The number of carboxylic acids is 1. The first kappa shape index (κ1) is 16.0. The van der Waals surface area contributed by atoms with E-state index in [9.17, 15) is 14.7 Å². The average Bonchev–Trinajstić information content (AvgIpc) is 2.45. The lowest BCUT2D eigenvalue weighted by Gasteiger charge is -2.33. The number of carbonyl (C=O) groups is 2. The van der Waals surface area contributed by atoms with Gasteiger partial charge in [0.15, 0.2) is 5.54 Å². The van der Waals surface area contributed by atoms with Crippen LogP contribution in [0.1, 0.15) is 12.5 Å².